The van der Waals surface area contributed by atoms with Gasteiger partial charge in [0.25, 0.3) is 0 Å². The second-order valence-electron chi connectivity index (χ2n) is 15.1. The number of fused-ring (bicyclic) bond motifs is 1. The van der Waals surface area contributed by atoms with Crippen molar-refractivity contribution in [3.63, 3.8) is 0 Å². The van der Waals surface area contributed by atoms with Gasteiger partial charge in [-0.2, -0.15) is 9.61 Å². The van der Waals surface area contributed by atoms with Gasteiger partial charge >= 0.3 is 0 Å². The van der Waals surface area contributed by atoms with E-state index in [1.54, 1.807) is 0 Å². The van der Waals surface area contributed by atoms with Crippen molar-refractivity contribution >= 4 is 17.4 Å². The number of aliphatic hydroxyl groups excluding tert-OH is 1. The minimum atomic E-state index is 0.184. The van der Waals surface area contributed by atoms with Crippen LogP contribution in [0.25, 0.3) is 28.0 Å². The molecule has 0 atom stereocenters. The lowest BCUT2D eigenvalue weighted by Crippen LogP contribution is -2.47. The number of nitrogens with one attached hydrogen (secondary N) is 1. The Labute approximate surface area is 298 Å². The lowest BCUT2D eigenvalue weighted by Gasteiger charge is -2.37. The van der Waals surface area contributed by atoms with Crippen molar-refractivity contribution in [3.05, 3.63) is 71.9 Å². The zero-order valence-corrected chi connectivity index (χ0v) is 30.0. The Kier molecular flexibility index (Phi) is 11.5. The number of carbonyl (C=O) groups is 1. The third kappa shape index (κ3) is 8.07. The van der Waals surface area contributed by atoms with Gasteiger partial charge in [-0.25, -0.2) is 4.98 Å². The molecule has 3 aliphatic rings. The molecule has 1 saturated heterocycles. The van der Waals surface area contributed by atoms with E-state index in [0.29, 0.717) is 25.4 Å². The molecule has 0 spiro atoms. The van der Waals surface area contributed by atoms with Gasteiger partial charge in [0.2, 0.25) is 5.91 Å². The lowest BCUT2D eigenvalue weighted by molar-refractivity contribution is -0.123. The molecule has 0 unspecified atom stereocenters. The van der Waals surface area contributed by atoms with Gasteiger partial charge in [0.15, 0.2) is 5.65 Å². The highest BCUT2D eigenvalue weighted by atomic mass is 16.3. The predicted molar refractivity (Wildman–Crippen MR) is 202 cm³/mol. The number of nitrogens with zero attached hydrogens (tertiary/aromatic N) is 5. The molecule has 2 aromatic carbocycles. The third-order valence-corrected chi connectivity index (χ3v) is 11.8. The third-order valence-electron chi connectivity index (χ3n) is 11.8. The number of aromatic nitrogens is 3. The summed E-state index contributed by atoms with van der Waals surface area (Å²) in [6, 6.07) is 21.3. The molecule has 8 heteroatoms. The summed E-state index contributed by atoms with van der Waals surface area (Å²) in [6.07, 6.45) is 14.8. The topological polar surface area (TPSA) is 86.0 Å². The number of benzene rings is 2. The summed E-state index contributed by atoms with van der Waals surface area (Å²) in [7, 11) is 0. The highest BCUT2D eigenvalue weighted by Gasteiger charge is 2.33. The summed E-state index contributed by atoms with van der Waals surface area (Å²) in [5.74, 6) is 3.30. The lowest BCUT2D eigenvalue weighted by atomic mass is 9.68. The molecule has 0 radical (unpaired) electrons. The first kappa shape index (κ1) is 34.7. The number of β-amino-alcohol motifs (C(OH)–C–C–N with tert-alkyl or cyclic N) is 1. The summed E-state index contributed by atoms with van der Waals surface area (Å²) in [5, 5.41) is 17.8. The van der Waals surface area contributed by atoms with Gasteiger partial charge in [-0.1, -0.05) is 113 Å². The number of hydrogen-bond donors (Lipinski definition) is 2. The fraction of sp³-hybridized carbons (Fsp3) is 0.548. The Balaban J connectivity index is 1.09. The van der Waals surface area contributed by atoms with E-state index in [-0.39, 0.29) is 12.5 Å². The van der Waals surface area contributed by atoms with E-state index in [0.717, 1.165) is 84.0 Å². The maximum Gasteiger partial charge on any atom is 0.220 e. The average Bonchev–Trinajstić information content (AvgIpc) is 3.50. The maximum atomic E-state index is 13.4. The molecule has 0 bridgehead atoms. The summed E-state index contributed by atoms with van der Waals surface area (Å²) in [5.41, 5.74) is 7.20. The van der Waals surface area contributed by atoms with Crippen LogP contribution < -0.4 is 10.2 Å². The number of hydrogen-bond acceptors (Lipinski definition) is 6. The average molecular weight is 677 g/mol. The van der Waals surface area contributed by atoms with Gasteiger partial charge in [0.05, 0.1) is 18.0 Å². The molecule has 8 nitrogen and oxygen atoms in total. The minimum Gasteiger partial charge on any atom is -0.395 e. The first-order valence-electron chi connectivity index (χ1n) is 19.5. The molecule has 4 aromatic rings. The molecular formula is C42H56N6O2. The van der Waals surface area contributed by atoms with Crippen LogP contribution in [0.5, 0.6) is 0 Å². The maximum absolute atomic E-state index is 13.4. The zero-order valence-electron chi connectivity index (χ0n) is 30.0. The fourth-order valence-corrected chi connectivity index (χ4v) is 9.13. The van der Waals surface area contributed by atoms with Crippen molar-refractivity contribution in [1.29, 1.82) is 0 Å². The van der Waals surface area contributed by atoms with Crippen LogP contribution in [0.1, 0.15) is 81.9 Å². The Morgan fingerprint density at radius 1 is 0.860 bits per heavy atom. The largest absolute Gasteiger partial charge is 0.395 e. The number of carbonyl (C=O) groups excluding carboxylic acids is 1. The van der Waals surface area contributed by atoms with Crippen molar-refractivity contribution < 1.29 is 9.90 Å². The van der Waals surface area contributed by atoms with Crippen molar-refractivity contribution in [2.24, 2.45) is 17.8 Å². The molecule has 3 fully saturated rings. The number of anilines is 1. The van der Waals surface area contributed by atoms with Crippen LogP contribution >= 0.6 is 0 Å². The van der Waals surface area contributed by atoms with E-state index >= 15 is 0 Å². The second kappa shape index (κ2) is 16.5. The van der Waals surface area contributed by atoms with Crippen LogP contribution in [0, 0.1) is 24.7 Å². The van der Waals surface area contributed by atoms with Crippen molar-refractivity contribution in [3.8, 4) is 22.4 Å². The van der Waals surface area contributed by atoms with E-state index < -0.39 is 0 Å². The molecule has 2 saturated carbocycles. The van der Waals surface area contributed by atoms with Gasteiger partial charge in [-0.05, 0) is 48.3 Å². The summed E-state index contributed by atoms with van der Waals surface area (Å²) in [4.78, 5) is 23.4. The number of aliphatic hydroxyl groups is 1. The Morgan fingerprint density at radius 3 is 2.22 bits per heavy atom. The van der Waals surface area contributed by atoms with Crippen molar-refractivity contribution in [2.75, 3.05) is 50.8 Å². The van der Waals surface area contributed by atoms with Crippen molar-refractivity contribution in [2.45, 2.75) is 84.0 Å². The SMILES string of the molecule is Cc1nn2c(N3CCN(CCO)CC3)cc(-c3cccc(CCNC(=O)CC(C4CCCCC4)C4CCCCC4)c3)nc2c1-c1ccccc1. The molecule has 1 amide bonds. The second-order valence-corrected chi connectivity index (χ2v) is 15.1. The molecule has 2 N–H and O–H groups in total. The number of amides is 1. The zero-order chi connectivity index (χ0) is 34.3. The van der Waals surface area contributed by atoms with Gasteiger partial charge in [0, 0.05) is 62.9 Å². The minimum absolute atomic E-state index is 0.184. The molecular weight excluding hydrogens is 621 g/mol. The van der Waals surface area contributed by atoms with Crippen LogP contribution in [0.3, 0.4) is 0 Å². The highest BCUT2D eigenvalue weighted by Crippen LogP contribution is 2.41. The Hall–Kier alpha value is -3.75. The number of piperazine rings is 1. The van der Waals surface area contributed by atoms with Crippen LogP contribution in [0.15, 0.2) is 60.7 Å². The first-order chi connectivity index (χ1) is 24.6. The first-order valence-corrected chi connectivity index (χ1v) is 19.5. The number of rotatable bonds is 12. The van der Waals surface area contributed by atoms with Crippen molar-refractivity contribution in [1.82, 2.24) is 24.8 Å². The Bertz CT molecular complexity index is 1680. The predicted octanol–water partition coefficient (Wildman–Crippen LogP) is 7.31. The molecule has 3 heterocycles. The Morgan fingerprint density at radius 2 is 1.54 bits per heavy atom. The van der Waals surface area contributed by atoms with E-state index in [4.69, 9.17) is 10.1 Å². The smallest absolute Gasteiger partial charge is 0.220 e. The summed E-state index contributed by atoms with van der Waals surface area (Å²) >= 11 is 0. The molecule has 7 rings (SSSR count). The van der Waals surface area contributed by atoms with E-state index in [2.05, 4.69) is 76.6 Å². The van der Waals surface area contributed by atoms with E-state index in [1.165, 1.54) is 69.8 Å². The summed E-state index contributed by atoms with van der Waals surface area (Å²) < 4.78 is 2.02. The quantitative estimate of drug-likeness (QED) is 0.164. The van der Waals surface area contributed by atoms with Crippen LogP contribution in [-0.4, -0.2) is 76.4 Å². The van der Waals surface area contributed by atoms with E-state index in [1.807, 2.05) is 10.6 Å². The molecule has 266 valence electrons. The van der Waals surface area contributed by atoms with Crippen LogP contribution in [-0.2, 0) is 11.2 Å². The van der Waals surface area contributed by atoms with E-state index in [9.17, 15) is 9.90 Å². The van der Waals surface area contributed by atoms with Gasteiger partial charge < -0.3 is 15.3 Å². The normalized spacial score (nSPS) is 18.3. The number of aryl methyl sites for hydroxylation is 1. The summed E-state index contributed by atoms with van der Waals surface area (Å²) in [6.45, 7) is 7.13. The molecule has 1 aliphatic heterocycles. The van der Waals surface area contributed by atoms with Crippen LogP contribution in [0.4, 0.5) is 5.82 Å². The highest BCUT2D eigenvalue weighted by molar-refractivity contribution is 5.83. The fourth-order valence-electron chi connectivity index (χ4n) is 9.13. The standard InChI is InChI=1S/C42H56N6O2/c1-31-41(35-17-9-4-10-18-35)42-44-38(30-40(48(42)45-31)47-24-22-46(23-25-47)26-27-49)36-19-11-12-32(28-36)20-21-43-39(50)29-37(33-13-5-2-6-14-33)34-15-7-3-8-16-34/h4,9-12,17-19,28,30,33-34,37,49H,2-3,5-8,13-16,20-27,29H2,1H3,(H,43,50). The van der Waals surface area contributed by atoms with Gasteiger partial charge in [0.1, 0.15) is 5.82 Å². The van der Waals surface area contributed by atoms with Crippen LogP contribution in [0.2, 0.25) is 0 Å². The van der Waals surface area contributed by atoms with Gasteiger partial charge in [-0.3, -0.25) is 9.69 Å². The molecule has 2 aliphatic carbocycles. The molecule has 2 aromatic heterocycles. The molecule has 50 heavy (non-hydrogen) atoms. The van der Waals surface area contributed by atoms with Gasteiger partial charge in [-0.15, -0.1) is 0 Å². The monoisotopic (exact) mass is 676 g/mol.